The van der Waals surface area contributed by atoms with Crippen molar-refractivity contribution in [1.29, 1.82) is 0 Å². The van der Waals surface area contributed by atoms with Crippen molar-refractivity contribution in [2.24, 2.45) is 0 Å². The van der Waals surface area contributed by atoms with Crippen molar-refractivity contribution in [2.75, 3.05) is 18.5 Å². The highest BCUT2D eigenvalue weighted by Crippen LogP contribution is 2.37. The van der Waals surface area contributed by atoms with E-state index in [1.165, 1.54) is 0 Å². The smallest absolute Gasteiger partial charge is 0.303 e. The summed E-state index contributed by atoms with van der Waals surface area (Å²) in [4.78, 5) is 20.8. The molecule has 0 saturated carbocycles. The van der Waals surface area contributed by atoms with Gasteiger partial charge in [-0.05, 0) is 24.9 Å². The van der Waals surface area contributed by atoms with Crippen LogP contribution in [0.2, 0.25) is 0 Å². The van der Waals surface area contributed by atoms with Crippen LogP contribution in [0.25, 0.3) is 0 Å². The molecule has 5 heteroatoms. The second-order valence-electron chi connectivity index (χ2n) is 3.48. The first-order valence-electron chi connectivity index (χ1n) is 5.22. The van der Waals surface area contributed by atoms with Crippen molar-refractivity contribution in [2.45, 2.75) is 32.6 Å². The van der Waals surface area contributed by atoms with Gasteiger partial charge in [0.25, 0.3) is 0 Å². The predicted octanol–water partition coefficient (Wildman–Crippen LogP) is 2.22. The Balaban J connectivity index is 3.82. The van der Waals surface area contributed by atoms with Crippen LogP contribution < -0.4 is 0 Å². The molecule has 0 aliphatic heterocycles. The number of rotatable bonds is 9. The highest BCUT2D eigenvalue weighted by molar-refractivity contribution is 7.57. The van der Waals surface area contributed by atoms with Crippen molar-refractivity contribution in [3.05, 3.63) is 0 Å². The molecule has 0 aromatic carbocycles. The quantitative estimate of drug-likeness (QED) is 0.600. The zero-order valence-corrected chi connectivity index (χ0v) is 10.0. The maximum absolute atomic E-state index is 10.4. The number of hydrogen-bond donors (Lipinski definition) is 2. The minimum Gasteiger partial charge on any atom is -0.481 e. The van der Waals surface area contributed by atoms with Crippen molar-refractivity contribution < 1.29 is 19.8 Å². The Morgan fingerprint density at radius 3 is 1.80 bits per heavy atom. The summed E-state index contributed by atoms with van der Waals surface area (Å²) in [6.45, 7) is 2.09. The average molecular weight is 234 g/mol. The third-order valence-electron chi connectivity index (χ3n) is 2.11. The Bertz CT molecular complexity index is 188. The molecule has 88 valence electrons. The lowest BCUT2D eigenvalue weighted by Gasteiger charge is -2.15. The first-order chi connectivity index (χ1) is 7.06. The highest BCUT2D eigenvalue weighted by atomic mass is 31.1. The Hall–Kier alpha value is -0.630. The van der Waals surface area contributed by atoms with Crippen LogP contribution in [0.1, 0.15) is 32.6 Å². The Morgan fingerprint density at radius 1 is 1.00 bits per heavy atom. The van der Waals surface area contributed by atoms with Crippen LogP contribution in [0.4, 0.5) is 0 Å². The molecular formula is C10H19O4P. The molecule has 0 atom stereocenters. The number of carboxylic acid groups (broad SMARTS) is 2. The molecule has 2 N–H and O–H groups in total. The molecule has 0 radical (unpaired) electrons. The fraction of sp³-hybridized carbons (Fsp3) is 0.800. The van der Waals surface area contributed by atoms with Crippen LogP contribution in [0.5, 0.6) is 0 Å². The molecule has 0 rings (SSSR count). The highest BCUT2D eigenvalue weighted by Gasteiger charge is 2.11. The molecule has 0 bridgehead atoms. The normalized spacial score (nSPS) is 10.5. The Morgan fingerprint density at radius 2 is 1.47 bits per heavy atom. The Labute approximate surface area is 91.4 Å². The van der Waals surface area contributed by atoms with Crippen molar-refractivity contribution >= 4 is 19.9 Å². The van der Waals surface area contributed by atoms with Gasteiger partial charge in [0.2, 0.25) is 0 Å². The van der Waals surface area contributed by atoms with E-state index in [-0.39, 0.29) is 12.8 Å². The minimum atomic E-state index is -0.783. The summed E-state index contributed by atoms with van der Waals surface area (Å²) in [5, 5.41) is 17.1. The van der Waals surface area contributed by atoms with Gasteiger partial charge >= 0.3 is 11.9 Å². The average Bonchev–Trinajstić information content (AvgIpc) is 2.16. The van der Waals surface area contributed by atoms with Gasteiger partial charge < -0.3 is 10.2 Å². The van der Waals surface area contributed by atoms with Crippen LogP contribution in [0, 0.1) is 0 Å². The lowest BCUT2D eigenvalue weighted by atomic mass is 10.4. The summed E-state index contributed by atoms with van der Waals surface area (Å²) in [7, 11) is -0.393. The van der Waals surface area contributed by atoms with Crippen LogP contribution in [-0.4, -0.2) is 40.6 Å². The van der Waals surface area contributed by atoms with Crippen LogP contribution in [0.15, 0.2) is 0 Å². The van der Waals surface area contributed by atoms with E-state index in [2.05, 4.69) is 6.92 Å². The number of unbranched alkanes of at least 4 members (excludes halogenated alkanes) is 1. The molecule has 0 aliphatic rings. The van der Waals surface area contributed by atoms with Gasteiger partial charge in [0, 0.05) is 12.8 Å². The number of carbonyl (C=O) groups is 2. The molecular weight excluding hydrogens is 215 g/mol. The topological polar surface area (TPSA) is 74.6 Å². The fourth-order valence-electron chi connectivity index (χ4n) is 1.22. The molecule has 4 nitrogen and oxygen atoms in total. The van der Waals surface area contributed by atoms with E-state index >= 15 is 0 Å². The lowest BCUT2D eigenvalue weighted by molar-refractivity contribution is -0.137. The molecule has 0 aliphatic carbocycles. The van der Waals surface area contributed by atoms with Gasteiger partial charge in [-0.2, -0.15) is 0 Å². The largest absolute Gasteiger partial charge is 0.481 e. The van der Waals surface area contributed by atoms with E-state index in [0.717, 1.165) is 19.0 Å². The second-order valence-corrected chi connectivity index (χ2v) is 6.17. The first-order valence-corrected chi connectivity index (χ1v) is 7.12. The molecule has 15 heavy (non-hydrogen) atoms. The molecule has 0 heterocycles. The number of aliphatic carboxylic acids is 2. The third kappa shape index (κ3) is 9.67. The SMILES string of the molecule is CCCCP(CCC(=O)O)CCC(=O)O. The summed E-state index contributed by atoms with van der Waals surface area (Å²) in [6, 6.07) is 0. The van der Waals surface area contributed by atoms with E-state index in [1.807, 2.05) is 0 Å². The summed E-state index contributed by atoms with van der Waals surface area (Å²) in [6.07, 6.45) is 4.84. The molecule has 0 aromatic heterocycles. The van der Waals surface area contributed by atoms with E-state index < -0.39 is 19.9 Å². The van der Waals surface area contributed by atoms with Crippen molar-refractivity contribution in [1.82, 2.24) is 0 Å². The van der Waals surface area contributed by atoms with Gasteiger partial charge in [0.1, 0.15) is 0 Å². The maximum Gasteiger partial charge on any atom is 0.303 e. The van der Waals surface area contributed by atoms with E-state index in [4.69, 9.17) is 10.2 Å². The van der Waals surface area contributed by atoms with Gasteiger partial charge in [-0.3, -0.25) is 9.59 Å². The number of carboxylic acids is 2. The summed E-state index contributed by atoms with van der Waals surface area (Å²) >= 11 is 0. The molecule has 0 unspecified atom stereocenters. The van der Waals surface area contributed by atoms with Gasteiger partial charge in [-0.15, -0.1) is 7.92 Å². The minimum absolute atomic E-state index is 0.176. The number of hydrogen-bond acceptors (Lipinski definition) is 2. The molecule has 0 aromatic rings. The fourth-order valence-corrected chi connectivity index (χ4v) is 3.67. The zero-order chi connectivity index (χ0) is 11.7. The van der Waals surface area contributed by atoms with Gasteiger partial charge in [0.15, 0.2) is 0 Å². The monoisotopic (exact) mass is 234 g/mol. The van der Waals surface area contributed by atoms with Crippen molar-refractivity contribution in [3.8, 4) is 0 Å². The van der Waals surface area contributed by atoms with E-state index in [1.54, 1.807) is 0 Å². The maximum atomic E-state index is 10.4. The van der Waals surface area contributed by atoms with Crippen LogP contribution in [0.3, 0.4) is 0 Å². The standard InChI is InChI=1S/C10H19O4P/c1-2-3-6-15(7-4-9(11)12)8-5-10(13)14/h2-8H2,1H3,(H,11,12)(H,13,14). The van der Waals surface area contributed by atoms with Gasteiger partial charge in [0.05, 0.1) is 0 Å². The van der Waals surface area contributed by atoms with Crippen LogP contribution in [-0.2, 0) is 9.59 Å². The summed E-state index contributed by atoms with van der Waals surface area (Å²) in [5.74, 6) is -1.57. The predicted molar refractivity (Wildman–Crippen MR) is 60.9 cm³/mol. The Kier molecular flexibility index (Phi) is 8.30. The summed E-state index contributed by atoms with van der Waals surface area (Å²) < 4.78 is 0. The zero-order valence-electron chi connectivity index (χ0n) is 9.11. The van der Waals surface area contributed by atoms with E-state index in [9.17, 15) is 9.59 Å². The van der Waals surface area contributed by atoms with Gasteiger partial charge in [-0.25, -0.2) is 0 Å². The molecule has 0 fully saturated rings. The van der Waals surface area contributed by atoms with Gasteiger partial charge in [-0.1, -0.05) is 13.3 Å². The first kappa shape index (κ1) is 14.4. The molecule has 0 spiro atoms. The van der Waals surface area contributed by atoms with Crippen molar-refractivity contribution in [3.63, 3.8) is 0 Å². The third-order valence-corrected chi connectivity index (χ3v) is 4.77. The molecule has 0 saturated heterocycles. The van der Waals surface area contributed by atoms with E-state index in [0.29, 0.717) is 12.3 Å². The summed E-state index contributed by atoms with van der Waals surface area (Å²) in [5.41, 5.74) is 0. The molecule has 0 amide bonds. The second kappa shape index (κ2) is 8.66. The van der Waals surface area contributed by atoms with Crippen LogP contribution >= 0.6 is 7.92 Å². The lowest BCUT2D eigenvalue weighted by Crippen LogP contribution is -2.05.